The zero-order chi connectivity index (χ0) is 13.5. The number of anilines is 1. The standard InChI is InChI=1S/C12H20N4OS/c1-8-6-11(16-13)10(7-15-8)12(17)14-5-4-9(2)18-3/h6-7,9H,4-5,13H2,1-3H3,(H,14,17)(H,15,16). The van der Waals surface area contributed by atoms with Gasteiger partial charge in [0.2, 0.25) is 0 Å². The second kappa shape index (κ2) is 7.23. The molecule has 1 aromatic rings. The monoisotopic (exact) mass is 268 g/mol. The molecule has 1 aromatic heterocycles. The number of carbonyl (C=O) groups is 1. The zero-order valence-corrected chi connectivity index (χ0v) is 11.8. The molecule has 5 nitrogen and oxygen atoms in total. The first-order valence-electron chi connectivity index (χ1n) is 5.82. The summed E-state index contributed by atoms with van der Waals surface area (Å²) in [6.07, 6.45) is 4.54. The molecule has 0 aliphatic rings. The van der Waals surface area contributed by atoms with Gasteiger partial charge in [0, 0.05) is 23.7 Å². The highest BCUT2D eigenvalue weighted by Gasteiger charge is 2.11. The lowest BCUT2D eigenvalue weighted by Gasteiger charge is -2.11. The number of hydrazine groups is 1. The number of carbonyl (C=O) groups excluding carboxylic acids is 1. The van der Waals surface area contributed by atoms with Crippen LogP contribution in [-0.4, -0.2) is 28.9 Å². The van der Waals surface area contributed by atoms with E-state index < -0.39 is 0 Å². The van der Waals surface area contributed by atoms with E-state index in [4.69, 9.17) is 5.84 Å². The summed E-state index contributed by atoms with van der Waals surface area (Å²) in [5.41, 5.74) is 4.41. The van der Waals surface area contributed by atoms with Crippen LogP contribution in [0.3, 0.4) is 0 Å². The minimum absolute atomic E-state index is 0.149. The number of aromatic nitrogens is 1. The van der Waals surface area contributed by atoms with Crippen molar-refractivity contribution < 1.29 is 4.79 Å². The quantitative estimate of drug-likeness (QED) is 0.539. The van der Waals surface area contributed by atoms with Gasteiger partial charge >= 0.3 is 0 Å². The van der Waals surface area contributed by atoms with Gasteiger partial charge < -0.3 is 10.7 Å². The van der Waals surface area contributed by atoms with E-state index in [0.717, 1.165) is 12.1 Å². The van der Waals surface area contributed by atoms with Crippen molar-refractivity contribution in [1.82, 2.24) is 10.3 Å². The molecule has 1 atom stereocenters. The van der Waals surface area contributed by atoms with Crippen LogP contribution in [-0.2, 0) is 0 Å². The Hall–Kier alpha value is -1.27. The molecule has 0 radical (unpaired) electrons. The molecule has 0 aromatic carbocycles. The van der Waals surface area contributed by atoms with Gasteiger partial charge in [-0.15, -0.1) is 0 Å². The van der Waals surface area contributed by atoms with Gasteiger partial charge in [-0.3, -0.25) is 15.6 Å². The number of pyridine rings is 1. The zero-order valence-electron chi connectivity index (χ0n) is 11.0. The fraction of sp³-hybridized carbons (Fsp3) is 0.500. The van der Waals surface area contributed by atoms with Crippen molar-refractivity contribution in [3.05, 3.63) is 23.5 Å². The Labute approximate surface area is 112 Å². The van der Waals surface area contributed by atoms with E-state index in [1.54, 1.807) is 17.8 Å². The van der Waals surface area contributed by atoms with Crippen LogP contribution in [0.15, 0.2) is 12.3 Å². The molecule has 100 valence electrons. The number of aryl methyl sites for hydroxylation is 1. The summed E-state index contributed by atoms with van der Waals surface area (Å²) < 4.78 is 0. The molecule has 0 aliphatic heterocycles. The highest BCUT2D eigenvalue weighted by Crippen LogP contribution is 2.14. The van der Waals surface area contributed by atoms with Crippen LogP contribution in [0.5, 0.6) is 0 Å². The van der Waals surface area contributed by atoms with Gasteiger partial charge in [-0.2, -0.15) is 11.8 Å². The highest BCUT2D eigenvalue weighted by atomic mass is 32.2. The van der Waals surface area contributed by atoms with Gasteiger partial charge in [0.1, 0.15) is 0 Å². The van der Waals surface area contributed by atoms with Crippen molar-refractivity contribution >= 4 is 23.4 Å². The first-order chi connectivity index (χ1) is 8.58. The third-order valence-electron chi connectivity index (χ3n) is 2.68. The maximum atomic E-state index is 12.0. The Bertz CT molecular complexity index is 411. The summed E-state index contributed by atoms with van der Waals surface area (Å²) in [6, 6.07) is 1.75. The molecule has 0 bridgehead atoms. The topological polar surface area (TPSA) is 80.0 Å². The molecule has 1 amide bonds. The molecular formula is C12H20N4OS. The largest absolute Gasteiger partial charge is 0.352 e. The molecule has 4 N–H and O–H groups in total. The summed E-state index contributed by atoms with van der Waals surface area (Å²) in [5, 5.41) is 3.41. The van der Waals surface area contributed by atoms with E-state index >= 15 is 0 Å². The fourth-order valence-electron chi connectivity index (χ4n) is 1.46. The maximum Gasteiger partial charge on any atom is 0.255 e. The van der Waals surface area contributed by atoms with E-state index in [0.29, 0.717) is 23.0 Å². The number of nitrogens with zero attached hydrogens (tertiary/aromatic N) is 1. The number of thioether (sulfide) groups is 1. The molecule has 0 spiro atoms. The summed E-state index contributed by atoms with van der Waals surface area (Å²) in [7, 11) is 0. The third-order valence-corrected chi connectivity index (χ3v) is 3.72. The number of hydrogen-bond donors (Lipinski definition) is 3. The molecule has 18 heavy (non-hydrogen) atoms. The van der Waals surface area contributed by atoms with Crippen molar-refractivity contribution in [2.75, 3.05) is 18.2 Å². The van der Waals surface area contributed by atoms with Gasteiger partial charge in [0.15, 0.2) is 0 Å². The predicted octanol–water partition coefficient (Wildman–Crippen LogP) is 1.55. The van der Waals surface area contributed by atoms with Crippen molar-refractivity contribution in [2.45, 2.75) is 25.5 Å². The Morgan fingerprint density at radius 3 is 2.94 bits per heavy atom. The maximum absolute atomic E-state index is 12.0. The molecule has 0 aliphatic carbocycles. The van der Waals surface area contributed by atoms with E-state index in [2.05, 4.69) is 28.9 Å². The van der Waals surface area contributed by atoms with Crippen molar-refractivity contribution in [3.63, 3.8) is 0 Å². The van der Waals surface area contributed by atoms with Gasteiger partial charge in [0.05, 0.1) is 11.3 Å². The van der Waals surface area contributed by atoms with Crippen molar-refractivity contribution in [1.29, 1.82) is 0 Å². The molecule has 0 fully saturated rings. The summed E-state index contributed by atoms with van der Waals surface area (Å²) >= 11 is 1.79. The van der Waals surface area contributed by atoms with Crippen LogP contribution in [0.2, 0.25) is 0 Å². The summed E-state index contributed by atoms with van der Waals surface area (Å²) in [5.74, 6) is 5.25. The lowest BCUT2D eigenvalue weighted by molar-refractivity contribution is 0.0953. The van der Waals surface area contributed by atoms with E-state index in [9.17, 15) is 4.79 Å². The Morgan fingerprint density at radius 2 is 2.33 bits per heavy atom. The number of nitrogen functional groups attached to an aromatic ring is 1. The predicted molar refractivity (Wildman–Crippen MR) is 76.7 cm³/mol. The Kier molecular flexibility index (Phi) is 5.94. The van der Waals surface area contributed by atoms with Gasteiger partial charge in [-0.25, -0.2) is 0 Å². The van der Waals surface area contributed by atoms with Crippen LogP contribution < -0.4 is 16.6 Å². The van der Waals surface area contributed by atoms with Gasteiger partial charge in [-0.05, 0) is 25.7 Å². The van der Waals surface area contributed by atoms with Crippen LogP contribution in [0.25, 0.3) is 0 Å². The average Bonchev–Trinajstić information content (AvgIpc) is 2.37. The lowest BCUT2D eigenvalue weighted by Crippen LogP contribution is -2.27. The molecule has 6 heteroatoms. The van der Waals surface area contributed by atoms with Gasteiger partial charge in [-0.1, -0.05) is 6.92 Å². The second-order valence-corrected chi connectivity index (χ2v) is 5.38. The molecule has 1 unspecified atom stereocenters. The normalized spacial score (nSPS) is 12.0. The summed E-state index contributed by atoms with van der Waals surface area (Å²) in [4.78, 5) is 16.1. The Morgan fingerprint density at radius 1 is 1.61 bits per heavy atom. The van der Waals surface area contributed by atoms with Gasteiger partial charge in [0.25, 0.3) is 5.91 Å². The number of hydrogen-bond acceptors (Lipinski definition) is 5. The minimum Gasteiger partial charge on any atom is -0.352 e. The third kappa shape index (κ3) is 4.19. The molecule has 0 saturated carbocycles. The first-order valence-corrected chi connectivity index (χ1v) is 7.11. The first kappa shape index (κ1) is 14.8. The van der Waals surface area contributed by atoms with E-state index in [1.165, 1.54) is 6.20 Å². The molecular weight excluding hydrogens is 248 g/mol. The smallest absolute Gasteiger partial charge is 0.255 e. The van der Waals surface area contributed by atoms with Crippen LogP contribution in [0, 0.1) is 6.92 Å². The highest BCUT2D eigenvalue weighted by molar-refractivity contribution is 7.99. The molecule has 0 saturated heterocycles. The number of rotatable bonds is 6. The van der Waals surface area contributed by atoms with E-state index in [1.807, 2.05) is 6.92 Å². The molecule has 1 heterocycles. The lowest BCUT2D eigenvalue weighted by atomic mass is 10.2. The Balaban J connectivity index is 2.61. The van der Waals surface area contributed by atoms with Crippen LogP contribution in [0.4, 0.5) is 5.69 Å². The van der Waals surface area contributed by atoms with E-state index in [-0.39, 0.29) is 5.91 Å². The fourth-order valence-corrected chi connectivity index (χ4v) is 1.82. The number of amides is 1. The van der Waals surface area contributed by atoms with Crippen LogP contribution >= 0.6 is 11.8 Å². The number of nitrogens with one attached hydrogen (secondary N) is 2. The van der Waals surface area contributed by atoms with Crippen LogP contribution in [0.1, 0.15) is 29.4 Å². The van der Waals surface area contributed by atoms with Crippen molar-refractivity contribution in [3.8, 4) is 0 Å². The van der Waals surface area contributed by atoms with Crippen molar-refractivity contribution in [2.24, 2.45) is 5.84 Å². The summed E-state index contributed by atoms with van der Waals surface area (Å²) in [6.45, 7) is 4.64. The second-order valence-electron chi connectivity index (χ2n) is 4.11. The molecule has 1 rings (SSSR count). The number of nitrogens with two attached hydrogens (primary N) is 1. The SMILES string of the molecule is CSC(C)CCNC(=O)c1cnc(C)cc1NN. The average molecular weight is 268 g/mol. The minimum atomic E-state index is -0.149.